The number of carboxylic acids is 1. The molecule has 1 N–H and O–H groups in total. The maximum atomic E-state index is 11.9. The summed E-state index contributed by atoms with van der Waals surface area (Å²) in [4.78, 5) is 23.0. The van der Waals surface area contributed by atoms with Crippen LogP contribution in [0.3, 0.4) is 0 Å². The number of carbonyl (C=O) groups excluding carboxylic acids is 1. The molecule has 0 unspecified atom stereocenters. The summed E-state index contributed by atoms with van der Waals surface area (Å²) in [5.41, 5.74) is -0.657. The van der Waals surface area contributed by atoms with Crippen LogP contribution in [0, 0.1) is 11.8 Å². The summed E-state index contributed by atoms with van der Waals surface area (Å²) in [6, 6.07) is 0. The number of rotatable bonds is 3. The molecule has 0 saturated carbocycles. The lowest BCUT2D eigenvalue weighted by molar-refractivity contribution is -0.171. The van der Waals surface area contributed by atoms with Crippen LogP contribution in [-0.4, -0.2) is 35.9 Å². The molecule has 0 aliphatic carbocycles. The Kier molecular flexibility index (Phi) is 4.51. The van der Waals surface area contributed by atoms with E-state index in [1.165, 1.54) is 0 Å². The van der Waals surface area contributed by atoms with E-state index in [2.05, 4.69) is 0 Å². The third-order valence-corrected chi connectivity index (χ3v) is 2.66. The lowest BCUT2D eigenvalue weighted by atomic mass is 9.86. The maximum absolute atomic E-state index is 11.9. The lowest BCUT2D eigenvalue weighted by Crippen LogP contribution is -2.39. The Bertz CT molecular complexity index is 286. The van der Waals surface area contributed by atoms with E-state index in [9.17, 15) is 9.59 Å². The Balaban J connectivity index is 2.71. The Hall–Kier alpha value is -1.10. The van der Waals surface area contributed by atoms with Crippen molar-refractivity contribution in [3.8, 4) is 0 Å². The van der Waals surface area contributed by atoms with E-state index in [1.807, 2.05) is 0 Å². The minimum atomic E-state index is -1.11. The van der Waals surface area contributed by atoms with Gasteiger partial charge in [-0.15, -0.1) is 0 Å². The van der Waals surface area contributed by atoms with Crippen LogP contribution in [0.25, 0.3) is 0 Å². The van der Waals surface area contributed by atoms with Crippen molar-refractivity contribution in [2.75, 3.05) is 13.2 Å². The van der Waals surface area contributed by atoms with Crippen molar-refractivity contribution in [3.63, 3.8) is 0 Å². The molecule has 1 aliphatic heterocycles. The van der Waals surface area contributed by atoms with Crippen LogP contribution >= 0.6 is 0 Å². The van der Waals surface area contributed by atoms with Crippen LogP contribution in [0.4, 0.5) is 0 Å². The number of carbonyl (C=O) groups is 2. The zero-order chi connectivity index (χ0) is 13.1. The maximum Gasteiger partial charge on any atom is 0.321 e. The van der Waals surface area contributed by atoms with Gasteiger partial charge in [-0.25, -0.2) is 0 Å². The molecule has 1 heterocycles. The molecule has 0 bridgehead atoms. The summed E-state index contributed by atoms with van der Waals surface area (Å²) < 4.78 is 10.3. The third kappa shape index (κ3) is 4.34. The Morgan fingerprint density at radius 2 is 1.82 bits per heavy atom. The largest absolute Gasteiger partial charge is 0.481 e. The van der Waals surface area contributed by atoms with Gasteiger partial charge in [0.15, 0.2) is 5.92 Å². The molecule has 1 rings (SSSR count). The number of carboxylic acid groups (broad SMARTS) is 1. The first-order chi connectivity index (χ1) is 7.81. The van der Waals surface area contributed by atoms with Crippen LogP contribution in [-0.2, 0) is 19.1 Å². The fraction of sp³-hybridized carbons (Fsp3) is 0.833. The number of esters is 1. The van der Waals surface area contributed by atoms with E-state index >= 15 is 0 Å². The van der Waals surface area contributed by atoms with Gasteiger partial charge in [-0.3, -0.25) is 9.59 Å². The Labute approximate surface area is 101 Å². The highest BCUT2D eigenvalue weighted by atomic mass is 16.6. The summed E-state index contributed by atoms with van der Waals surface area (Å²) in [5.74, 6) is -3.00. The smallest absolute Gasteiger partial charge is 0.321 e. The summed E-state index contributed by atoms with van der Waals surface area (Å²) in [7, 11) is 0. The molecule has 0 radical (unpaired) electrons. The van der Waals surface area contributed by atoms with Gasteiger partial charge in [0, 0.05) is 13.2 Å². The van der Waals surface area contributed by atoms with Gasteiger partial charge in [0.1, 0.15) is 5.60 Å². The van der Waals surface area contributed by atoms with Crippen molar-refractivity contribution in [2.45, 2.75) is 39.2 Å². The molecule has 5 nitrogen and oxygen atoms in total. The second kappa shape index (κ2) is 5.49. The van der Waals surface area contributed by atoms with Gasteiger partial charge in [-0.05, 0) is 39.5 Å². The molecule has 1 aliphatic rings. The van der Waals surface area contributed by atoms with E-state index in [0.29, 0.717) is 26.1 Å². The van der Waals surface area contributed by atoms with E-state index in [4.69, 9.17) is 14.6 Å². The molecule has 98 valence electrons. The highest BCUT2D eigenvalue weighted by molar-refractivity contribution is 5.94. The molecule has 0 spiro atoms. The highest BCUT2D eigenvalue weighted by Gasteiger charge is 2.38. The monoisotopic (exact) mass is 244 g/mol. The van der Waals surface area contributed by atoms with Gasteiger partial charge in [0.25, 0.3) is 0 Å². The van der Waals surface area contributed by atoms with Gasteiger partial charge in [0.2, 0.25) is 0 Å². The minimum Gasteiger partial charge on any atom is -0.481 e. The molecule has 1 fully saturated rings. The van der Waals surface area contributed by atoms with Crippen molar-refractivity contribution in [2.24, 2.45) is 11.8 Å². The number of hydrogen-bond acceptors (Lipinski definition) is 4. The molecule has 0 aromatic rings. The van der Waals surface area contributed by atoms with Crippen LogP contribution in [0.15, 0.2) is 0 Å². The van der Waals surface area contributed by atoms with E-state index < -0.39 is 23.5 Å². The normalized spacial score (nSPS) is 19.7. The van der Waals surface area contributed by atoms with Crippen molar-refractivity contribution >= 4 is 11.9 Å². The second-order valence-corrected chi connectivity index (χ2v) is 5.30. The number of hydrogen-bond donors (Lipinski definition) is 1. The molecule has 0 aromatic carbocycles. The van der Waals surface area contributed by atoms with Crippen LogP contribution in [0.1, 0.15) is 33.6 Å². The summed E-state index contributed by atoms with van der Waals surface area (Å²) in [5, 5.41) is 9.15. The van der Waals surface area contributed by atoms with Gasteiger partial charge in [-0.2, -0.15) is 0 Å². The second-order valence-electron chi connectivity index (χ2n) is 5.30. The highest BCUT2D eigenvalue weighted by Crippen LogP contribution is 2.26. The zero-order valence-corrected chi connectivity index (χ0v) is 10.6. The van der Waals surface area contributed by atoms with E-state index in [0.717, 1.165) is 0 Å². The van der Waals surface area contributed by atoms with Crippen molar-refractivity contribution in [3.05, 3.63) is 0 Å². The molecular weight excluding hydrogens is 224 g/mol. The van der Waals surface area contributed by atoms with Gasteiger partial charge in [0.05, 0.1) is 0 Å². The summed E-state index contributed by atoms with van der Waals surface area (Å²) in [6.07, 6.45) is 1.19. The first-order valence-corrected chi connectivity index (χ1v) is 5.84. The molecule has 0 aromatic heterocycles. The van der Waals surface area contributed by atoms with Crippen molar-refractivity contribution in [1.29, 1.82) is 0 Å². The quantitative estimate of drug-likeness (QED) is 0.601. The average molecular weight is 244 g/mol. The standard InChI is InChI=1S/C12H20O5/c1-12(2,3)17-11(15)9(10(13)14)8-4-6-16-7-5-8/h8-9H,4-7H2,1-3H3,(H,13,14)/t9-/m1/s1. The predicted octanol–water partition coefficient (Wildman–Crippen LogP) is 1.46. The van der Waals surface area contributed by atoms with Gasteiger partial charge < -0.3 is 14.6 Å². The van der Waals surface area contributed by atoms with Crippen LogP contribution in [0.5, 0.6) is 0 Å². The van der Waals surface area contributed by atoms with Crippen LogP contribution in [0.2, 0.25) is 0 Å². The molecule has 17 heavy (non-hydrogen) atoms. The Morgan fingerprint density at radius 1 is 1.29 bits per heavy atom. The average Bonchev–Trinajstić information content (AvgIpc) is 2.15. The minimum absolute atomic E-state index is 0.184. The van der Waals surface area contributed by atoms with E-state index in [-0.39, 0.29) is 5.92 Å². The molecule has 1 saturated heterocycles. The first kappa shape index (κ1) is 14.0. The molecule has 0 amide bonds. The SMILES string of the molecule is CC(C)(C)OC(=O)[C@@H](C(=O)O)C1CCOCC1. The number of aliphatic carboxylic acids is 1. The van der Waals surface area contributed by atoms with Crippen molar-refractivity contribution < 1.29 is 24.2 Å². The molecular formula is C12H20O5. The summed E-state index contributed by atoms with van der Waals surface area (Å²) >= 11 is 0. The third-order valence-electron chi connectivity index (χ3n) is 2.66. The van der Waals surface area contributed by atoms with E-state index in [1.54, 1.807) is 20.8 Å². The van der Waals surface area contributed by atoms with Gasteiger partial charge >= 0.3 is 11.9 Å². The van der Waals surface area contributed by atoms with Crippen LogP contribution < -0.4 is 0 Å². The first-order valence-electron chi connectivity index (χ1n) is 5.84. The molecule has 5 heteroatoms. The van der Waals surface area contributed by atoms with Gasteiger partial charge in [-0.1, -0.05) is 0 Å². The lowest BCUT2D eigenvalue weighted by Gasteiger charge is -2.29. The predicted molar refractivity (Wildman–Crippen MR) is 60.5 cm³/mol. The fourth-order valence-corrected chi connectivity index (χ4v) is 1.91. The topological polar surface area (TPSA) is 72.8 Å². The van der Waals surface area contributed by atoms with Crippen molar-refractivity contribution in [1.82, 2.24) is 0 Å². The fourth-order valence-electron chi connectivity index (χ4n) is 1.91. The Morgan fingerprint density at radius 3 is 2.24 bits per heavy atom. The number of ether oxygens (including phenoxy) is 2. The zero-order valence-electron chi connectivity index (χ0n) is 10.6. The molecule has 1 atom stereocenters. The summed E-state index contributed by atoms with van der Waals surface area (Å²) in [6.45, 7) is 6.21.